The van der Waals surface area contributed by atoms with Crippen LogP contribution in [0.5, 0.6) is 5.75 Å². The minimum atomic E-state index is -0.289. The number of aromatic nitrogens is 3. The van der Waals surface area contributed by atoms with Gasteiger partial charge in [0.2, 0.25) is 11.1 Å². The minimum absolute atomic E-state index is 0.0137. The van der Waals surface area contributed by atoms with Crippen molar-refractivity contribution in [2.75, 3.05) is 13.7 Å². The van der Waals surface area contributed by atoms with Crippen molar-refractivity contribution in [1.29, 1.82) is 0 Å². The van der Waals surface area contributed by atoms with Gasteiger partial charge in [0, 0.05) is 18.0 Å². The summed E-state index contributed by atoms with van der Waals surface area (Å²) >= 11 is 1.34. The smallest absolute Gasteiger partial charge is 0.233 e. The van der Waals surface area contributed by atoms with E-state index in [0.717, 1.165) is 17.7 Å². The van der Waals surface area contributed by atoms with E-state index >= 15 is 0 Å². The van der Waals surface area contributed by atoms with Crippen LogP contribution in [0.15, 0.2) is 59.8 Å². The van der Waals surface area contributed by atoms with Gasteiger partial charge in [-0.05, 0) is 43.2 Å². The minimum Gasteiger partial charge on any atom is -0.497 e. The third-order valence-electron chi connectivity index (χ3n) is 4.77. The van der Waals surface area contributed by atoms with Crippen molar-refractivity contribution in [1.82, 2.24) is 20.5 Å². The van der Waals surface area contributed by atoms with E-state index in [1.807, 2.05) is 49.4 Å². The Morgan fingerprint density at radius 2 is 1.90 bits per heavy atom. The number of methoxy groups -OCH3 is 1. The Kier molecular flexibility index (Phi) is 7.30. The number of carbonyl (C=O) groups excluding carboxylic acids is 1. The van der Waals surface area contributed by atoms with Crippen LogP contribution in [-0.2, 0) is 4.79 Å². The Balaban J connectivity index is 1.55. The van der Waals surface area contributed by atoms with E-state index in [-0.39, 0.29) is 11.2 Å². The number of nitrogens with zero attached hydrogens (tertiary/aromatic N) is 2. The van der Waals surface area contributed by atoms with Crippen molar-refractivity contribution in [2.45, 2.75) is 36.6 Å². The van der Waals surface area contributed by atoms with Gasteiger partial charge in [-0.15, -0.1) is 5.10 Å². The lowest BCUT2D eigenvalue weighted by Gasteiger charge is -2.17. The summed E-state index contributed by atoms with van der Waals surface area (Å²) in [6.07, 6.45) is 0.970. The summed E-state index contributed by atoms with van der Waals surface area (Å²) < 4.78 is 5.17. The van der Waals surface area contributed by atoms with Gasteiger partial charge in [-0.2, -0.15) is 0 Å². The van der Waals surface area contributed by atoms with Gasteiger partial charge in [0.15, 0.2) is 5.82 Å². The zero-order valence-corrected chi connectivity index (χ0v) is 17.7. The zero-order chi connectivity index (χ0) is 20.6. The molecule has 0 bridgehead atoms. The number of carbonyl (C=O) groups is 1. The highest BCUT2D eigenvalue weighted by molar-refractivity contribution is 8.00. The molecule has 0 fully saturated rings. The van der Waals surface area contributed by atoms with Crippen LogP contribution in [0.1, 0.15) is 31.7 Å². The number of thioether (sulfide) groups is 1. The van der Waals surface area contributed by atoms with Gasteiger partial charge >= 0.3 is 0 Å². The third kappa shape index (κ3) is 5.60. The summed E-state index contributed by atoms with van der Waals surface area (Å²) in [7, 11) is 1.63. The molecule has 1 heterocycles. The first-order chi connectivity index (χ1) is 14.1. The Labute approximate surface area is 175 Å². The fourth-order valence-electron chi connectivity index (χ4n) is 2.98. The summed E-state index contributed by atoms with van der Waals surface area (Å²) in [5.74, 6) is 1.75. The number of hydrogen-bond acceptors (Lipinski definition) is 5. The Morgan fingerprint density at radius 3 is 2.55 bits per heavy atom. The highest BCUT2D eigenvalue weighted by Gasteiger charge is 2.19. The second-order valence-corrected chi connectivity index (χ2v) is 8.02. The van der Waals surface area contributed by atoms with E-state index in [2.05, 4.69) is 39.6 Å². The summed E-state index contributed by atoms with van der Waals surface area (Å²) in [6.45, 7) is 4.62. The molecular formula is C22H26N4O2S. The summed E-state index contributed by atoms with van der Waals surface area (Å²) in [5, 5.41) is 10.5. The van der Waals surface area contributed by atoms with Crippen molar-refractivity contribution < 1.29 is 9.53 Å². The number of amides is 1. The van der Waals surface area contributed by atoms with E-state index < -0.39 is 0 Å². The van der Waals surface area contributed by atoms with Crippen molar-refractivity contribution in [2.24, 2.45) is 0 Å². The van der Waals surface area contributed by atoms with Crippen LogP contribution in [0.25, 0.3) is 11.4 Å². The molecule has 3 rings (SSSR count). The second-order valence-electron chi connectivity index (χ2n) is 6.72. The molecule has 0 saturated carbocycles. The lowest BCUT2D eigenvalue weighted by Crippen LogP contribution is -2.34. The maximum absolute atomic E-state index is 12.5. The van der Waals surface area contributed by atoms with E-state index in [0.29, 0.717) is 23.4 Å². The van der Waals surface area contributed by atoms with Crippen LogP contribution in [0, 0.1) is 0 Å². The molecule has 0 aliphatic heterocycles. The molecule has 0 aliphatic rings. The molecule has 152 valence electrons. The van der Waals surface area contributed by atoms with E-state index in [1.165, 1.54) is 17.3 Å². The van der Waals surface area contributed by atoms with Gasteiger partial charge in [0.1, 0.15) is 5.75 Å². The Bertz CT molecular complexity index is 912. The molecule has 7 heteroatoms. The number of H-pyrrole nitrogens is 1. The fraction of sp³-hybridized carbons (Fsp3) is 0.318. The number of benzene rings is 2. The number of hydrogen-bond donors (Lipinski definition) is 2. The van der Waals surface area contributed by atoms with Crippen LogP contribution in [0.4, 0.5) is 0 Å². The highest BCUT2D eigenvalue weighted by atomic mass is 32.2. The molecule has 6 nitrogen and oxygen atoms in total. The molecule has 0 aliphatic carbocycles. The zero-order valence-electron chi connectivity index (χ0n) is 16.9. The maximum Gasteiger partial charge on any atom is 0.233 e. The molecule has 0 saturated heterocycles. The van der Waals surface area contributed by atoms with Gasteiger partial charge in [-0.25, -0.2) is 4.98 Å². The molecule has 0 spiro atoms. The molecule has 1 aromatic heterocycles. The summed E-state index contributed by atoms with van der Waals surface area (Å²) in [4.78, 5) is 17.0. The first-order valence-electron chi connectivity index (χ1n) is 9.66. The molecule has 29 heavy (non-hydrogen) atoms. The van der Waals surface area contributed by atoms with E-state index in [4.69, 9.17) is 4.74 Å². The van der Waals surface area contributed by atoms with Crippen LogP contribution < -0.4 is 10.1 Å². The number of nitrogens with one attached hydrogen (secondary N) is 2. The van der Waals surface area contributed by atoms with E-state index in [1.54, 1.807) is 7.11 Å². The summed E-state index contributed by atoms with van der Waals surface area (Å²) in [5.41, 5.74) is 2.16. The van der Waals surface area contributed by atoms with Crippen LogP contribution in [0.2, 0.25) is 0 Å². The SMILES string of the molecule is CC[C@@H](CNC(=O)[C@@H](C)Sc1n[nH]c(-c2ccc(OC)cc2)n1)c1ccccc1. The van der Waals surface area contributed by atoms with Gasteiger partial charge in [0.05, 0.1) is 12.4 Å². The van der Waals surface area contributed by atoms with Gasteiger partial charge in [-0.1, -0.05) is 49.0 Å². The lowest BCUT2D eigenvalue weighted by molar-refractivity contribution is -0.120. The lowest BCUT2D eigenvalue weighted by atomic mass is 9.96. The predicted molar refractivity (Wildman–Crippen MR) is 116 cm³/mol. The first-order valence-corrected chi connectivity index (χ1v) is 10.5. The molecule has 2 aromatic carbocycles. The molecule has 0 unspecified atom stereocenters. The standard InChI is InChI=1S/C22H26N4O2S/c1-4-16(17-8-6-5-7-9-17)14-23-21(27)15(2)29-22-24-20(25-26-22)18-10-12-19(28-3)13-11-18/h5-13,15-16H,4,14H2,1-3H3,(H,23,27)(H,24,25,26)/t15-,16+/m1/s1. The van der Waals surface area contributed by atoms with Crippen molar-refractivity contribution in [3.63, 3.8) is 0 Å². The molecular weight excluding hydrogens is 384 g/mol. The number of rotatable bonds is 9. The van der Waals surface area contributed by atoms with Crippen LogP contribution in [-0.4, -0.2) is 40.0 Å². The summed E-state index contributed by atoms with van der Waals surface area (Å²) in [6, 6.07) is 17.8. The Hall–Kier alpha value is -2.80. The maximum atomic E-state index is 12.5. The van der Waals surface area contributed by atoms with Crippen LogP contribution >= 0.6 is 11.8 Å². The monoisotopic (exact) mass is 410 g/mol. The number of ether oxygens (including phenoxy) is 1. The predicted octanol–water partition coefficient (Wildman–Crippen LogP) is 4.27. The Morgan fingerprint density at radius 1 is 1.17 bits per heavy atom. The molecule has 2 atom stereocenters. The average Bonchev–Trinajstić information content (AvgIpc) is 3.23. The van der Waals surface area contributed by atoms with Crippen LogP contribution in [0.3, 0.4) is 0 Å². The number of aromatic amines is 1. The molecule has 3 aromatic rings. The molecule has 1 amide bonds. The topological polar surface area (TPSA) is 79.9 Å². The van der Waals surface area contributed by atoms with Crippen molar-refractivity contribution in [3.8, 4) is 17.1 Å². The quantitative estimate of drug-likeness (QED) is 0.515. The van der Waals surface area contributed by atoms with Crippen molar-refractivity contribution in [3.05, 3.63) is 60.2 Å². The first kappa shape index (κ1) is 20.9. The van der Waals surface area contributed by atoms with Gasteiger partial charge in [0.25, 0.3) is 0 Å². The highest BCUT2D eigenvalue weighted by Crippen LogP contribution is 2.24. The van der Waals surface area contributed by atoms with Crippen molar-refractivity contribution >= 4 is 17.7 Å². The second kappa shape index (κ2) is 10.1. The van der Waals surface area contributed by atoms with E-state index in [9.17, 15) is 4.79 Å². The normalized spacial score (nSPS) is 12.9. The third-order valence-corrected chi connectivity index (χ3v) is 5.73. The largest absolute Gasteiger partial charge is 0.497 e. The molecule has 0 radical (unpaired) electrons. The average molecular weight is 411 g/mol. The molecule has 2 N–H and O–H groups in total. The van der Waals surface area contributed by atoms with Gasteiger partial charge < -0.3 is 10.1 Å². The fourth-order valence-corrected chi connectivity index (χ4v) is 3.73. The van der Waals surface area contributed by atoms with Gasteiger partial charge in [-0.3, -0.25) is 9.89 Å².